The van der Waals surface area contributed by atoms with E-state index in [9.17, 15) is 15.2 Å². The number of nitrogens with one attached hydrogen (secondary N) is 1. The van der Waals surface area contributed by atoms with Crippen LogP contribution in [0.5, 0.6) is 0 Å². The lowest BCUT2D eigenvalue weighted by atomic mass is 9.96. The molecule has 0 aromatic heterocycles. The van der Waals surface area contributed by atoms with Crippen LogP contribution in [-0.4, -0.2) is 34.9 Å². The van der Waals surface area contributed by atoms with Gasteiger partial charge in [-0.15, -0.1) is 0 Å². The molecule has 1 aliphatic heterocycles. The summed E-state index contributed by atoms with van der Waals surface area (Å²) in [6.45, 7) is 4.41. The number of halogens is 1. The van der Waals surface area contributed by atoms with Gasteiger partial charge in [0.15, 0.2) is 0 Å². The number of aryl methyl sites for hydroxylation is 1. The summed E-state index contributed by atoms with van der Waals surface area (Å²) in [4.78, 5) is 10.3. The van der Waals surface area contributed by atoms with Gasteiger partial charge in [0.1, 0.15) is 10.6 Å². The van der Waals surface area contributed by atoms with Gasteiger partial charge in [0.2, 0.25) is 0 Å². The van der Waals surface area contributed by atoms with Gasteiger partial charge < -0.3 is 15.2 Å². The van der Waals surface area contributed by atoms with E-state index in [2.05, 4.69) is 5.32 Å². The number of hydrogen-bond donors (Lipinski definition) is 2. The van der Waals surface area contributed by atoms with Crippen LogP contribution in [0, 0.1) is 17.0 Å². The minimum absolute atomic E-state index is 0.0748. The van der Waals surface area contributed by atoms with Crippen LogP contribution < -0.4 is 5.32 Å². The summed E-state index contributed by atoms with van der Waals surface area (Å²) >= 11 is 5.89. The smallest absolute Gasteiger partial charge is 0.288 e. The van der Waals surface area contributed by atoms with Crippen LogP contribution in [0.25, 0.3) is 0 Å². The van der Waals surface area contributed by atoms with Gasteiger partial charge in [-0.2, -0.15) is 0 Å². The fourth-order valence-electron chi connectivity index (χ4n) is 2.25. The van der Waals surface area contributed by atoms with E-state index in [1.54, 1.807) is 6.92 Å². The van der Waals surface area contributed by atoms with Crippen LogP contribution in [0.1, 0.15) is 18.9 Å². The first-order chi connectivity index (χ1) is 9.33. The van der Waals surface area contributed by atoms with Crippen molar-refractivity contribution in [3.8, 4) is 0 Å². The number of anilines is 1. The Balaban J connectivity index is 2.14. The number of hydrogen-bond acceptors (Lipinski definition) is 5. The first-order valence-corrected chi connectivity index (χ1v) is 6.74. The number of benzene rings is 1. The molecule has 1 saturated heterocycles. The lowest BCUT2D eigenvalue weighted by Gasteiger charge is -2.27. The molecule has 20 heavy (non-hydrogen) atoms. The molecule has 1 fully saturated rings. The highest BCUT2D eigenvalue weighted by Crippen LogP contribution is 2.32. The van der Waals surface area contributed by atoms with E-state index in [4.69, 9.17) is 16.3 Å². The van der Waals surface area contributed by atoms with Gasteiger partial charge in [-0.05, 0) is 25.5 Å². The molecule has 1 heterocycles. The second-order valence-corrected chi connectivity index (χ2v) is 5.50. The molecule has 2 N–H and O–H groups in total. The first kappa shape index (κ1) is 15.0. The predicted octanol–water partition coefficient (Wildman–Crippen LogP) is 2.51. The molecule has 1 aromatic carbocycles. The zero-order chi connectivity index (χ0) is 14.9. The fraction of sp³-hybridized carbons (Fsp3) is 0.538. The van der Waals surface area contributed by atoms with Crippen molar-refractivity contribution in [1.29, 1.82) is 0 Å². The number of nitro benzene ring substituents is 1. The maximum Gasteiger partial charge on any atom is 0.288 e. The zero-order valence-electron chi connectivity index (χ0n) is 11.4. The van der Waals surface area contributed by atoms with Crippen molar-refractivity contribution < 1.29 is 14.8 Å². The van der Waals surface area contributed by atoms with E-state index in [0.717, 1.165) is 0 Å². The van der Waals surface area contributed by atoms with Crippen LogP contribution >= 0.6 is 11.6 Å². The molecular weight excluding hydrogens is 284 g/mol. The van der Waals surface area contributed by atoms with E-state index in [0.29, 0.717) is 30.8 Å². The fourth-order valence-corrected chi connectivity index (χ4v) is 2.48. The molecule has 1 aromatic rings. The van der Waals surface area contributed by atoms with Crippen LogP contribution in [0.4, 0.5) is 11.4 Å². The van der Waals surface area contributed by atoms with E-state index in [-0.39, 0.29) is 16.8 Å². The number of rotatable bonds is 4. The maximum atomic E-state index is 10.8. The van der Waals surface area contributed by atoms with Crippen LogP contribution in [-0.2, 0) is 4.74 Å². The average Bonchev–Trinajstić information content (AvgIpc) is 2.70. The number of ether oxygens (including phenoxy) is 1. The molecule has 0 amide bonds. The predicted molar refractivity (Wildman–Crippen MR) is 76.3 cm³/mol. The molecule has 2 atom stereocenters. The first-order valence-electron chi connectivity index (χ1n) is 6.36. The molecule has 0 spiro atoms. The maximum absolute atomic E-state index is 10.8. The van der Waals surface area contributed by atoms with Crippen molar-refractivity contribution in [3.05, 3.63) is 32.8 Å². The van der Waals surface area contributed by atoms with Crippen molar-refractivity contribution in [3.63, 3.8) is 0 Å². The van der Waals surface area contributed by atoms with Gasteiger partial charge in [0, 0.05) is 31.3 Å². The van der Waals surface area contributed by atoms with Gasteiger partial charge in [0.25, 0.3) is 5.69 Å². The van der Waals surface area contributed by atoms with Crippen LogP contribution in [0.3, 0.4) is 0 Å². The Hall–Kier alpha value is -1.37. The highest BCUT2D eigenvalue weighted by atomic mass is 35.5. The van der Waals surface area contributed by atoms with Crippen molar-refractivity contribution in [1.82, 2.24) is 0 Å². The minimum Gasteiger partial charge on any atom is -0.385 e. The van der Waals surface area contributed by atoms with Crippen LogP contribution in [0.15, 0.2) is 12.1 Å². The van der Waals surface area contributed by atoms with E-state index in [1.165, 1.54) is 12.1 Å². The summed E-state index contributed by atoms with van der Waals surface area (Å²) in [6.07, 6.45) is 0.310. The normalized spacial score (nSPS) is 25.7. The van der Waals surface area contributed by atoms with Gasteiger partial charge in [-0.3, -0.25) is 10.1 Å². The molecule has 110 valence electrons. The second-order valence-electron chi connectivity index (χ2n) is 5.10. The van der Waals surface area contributed by atoms with Crippen LogP contribution in [0.2, 0.25) is 5.02 Å². The highest BCUT2D eigenvalue weighted by Gasteiger charge is 2.39. The molecule has 7 heteroatoms. The largest absolute Gasteiger partial charge is 0.385 e. The summed E-state index contributed by atoms with van der Waals surface area (Å²) in [5.74, 6) is 0. The quantitative estimate of drug-likeness (QED) is 0.659. The average molecular weight is 301 g/mol. The molecule has 2 rings (SSSR count). The summed E-state index contributed by atoms with van der Waals surface area (Å²) < 4.78 is 5.36. The third-order valence-corrected chi connectivity index (χ3v) is 4.04. The molecule has 0 saturated carbocycles. The third kappa shape index (κ3) is 2.87. The van der Waals surface area contributed by atoms with Crippen molar-refractivity contribution in [2.75, 3.05) is 18.5 Å². The molecule has 0 radical (unpaired) electrons. The Morgan fingerprint density at radius 3 is 2.90 bits per heavy atom. The number of nitrogens with zero attached hydrogens (tertiary/aromatic N) is 1. The Labute approximate surface area is 121 Å². The highest BCUT2D eigenvalue weighted by molar-refractivity contribution is 6.33. The van der Waals surface area contributed by atoms with Crippen molar-refractivity contribution in [2.24, 2.45) is 0 Å². The Morgan fingerprint density at radius 2 is 2.35 bits per heavy atom. The van der Waals surface area contributed by atoms with Gasteiger partial charge in [-0.1, -0.05) is 11.6 Å². The molecule has 0 aliphatic carbocycles. The monoisotopic (exact) mass is 300 g/mol. The standard InChI is InChI=1S/C13H17ClN2O4/c1-8-5-12(16(18)19)10(14)6-11(8)15-7-13(17)3-4-20-9(13)2/h5-6,9,15,17H,3-4,7H2,1-2H3. The molecule has 0 bridgehead atoms. The molecule has 2 unspecified atom stereocenters. The Bertz CT molecular complexity index is 537. The topological polar surface area (TPSA) is 84.6 Å². The van der Waals surface area contributed by atoms with Gasteiger partial charge in [-0.25, -0.2) is 0 Å². The SMILES string of the molecule is Cc1cc([N+](=O)[O-])c(Cl)cc1NCC1(O)CCOC1C. The van der Waals surface area contributed by atoms with Gasteiger partial charge >= 0.3 is 0 Å². The summed E-state index contributed by atoms with van der Waals surface area (Å²) in [5, 5.41) is 24.4. The summed E-state index contributed by atoms with van der Waals surface area (Å²) in [5.41, 5.74) is 0.330. The van der Waals surface area contributed by atoms with Gasteiger partial charge in [0.05, 0.1) is 11.0 Å². The molecule has 1 aliphatic rings. The summed E-state index contributed by atoms with van der Waals surface area (Å²) in [6, 6.07) is 2.93. The molecular formula is C13H17ClN2O4. The Kier molecular flexibility index (Phi) is 4.17. The number of aliphatic hydroxyl groups is 1. The van der Waals surface area contributed by atoms with E-state index in [1.807, 2.05) is 6.92 Å². The van der Waals surface area contributed by atoms with Crippen molar-refractivity contribution >= 4 is 23.0 Å². The zero-order valence-corrected chi connectivity index (χ0v) is 12.1. The lowest BCUT2D eigenvalue weighted by Crippen LogP contribution is -2.43. The van der Waals surface area contributed by atoms with E-state index < -0.39 is 10.5 Å². The minimum atomic E-state index is -0.930. The second kappa shape index (κ2) is 5.55. The van der Waals surface area contributed by atoms with Crippen molar-refractivity contribution in [2.45, 2.75) is 32.0 Å². The van der Waals surface area contributed by atoms with E-state index >= 15 is 0 Å². The summed E-state index contributed by atoms with van der Waals surface area (Å²) in [7, 11) is 0. The lowest BCUT2D eigenvalue weighted by molar-refractivity contribution is -0.384. The molecule has 6 nitrogen and oxygen atoms in total. The number of nitro groups is 1. The third-order valence-electron chi connectivity index (χ3n) is 3.74. The Morgan fingerprint density at radius 1 is 1.65 bits per heavy atom.